The zero-order valence-corrected chi connectivity index (χ0v) is 15.6. The first-order chi connectivity index (χ1) is 12.2. The number of nitrogens with one attached hydrogen (secondary N) is 1. The second-order valence-electron chi connectivity index (χ2n) is 5.70. The van der Waals surface area contributed by atoms with Gasteiger partial charge in [0.05, 0.1) is 10.6 Å². The van der Waals surface area contributed by atoms with Crippen molar-refractivity contribution in [2.75, 3.05) is 6.54 Å². The van der Waals surface area contributed by atoms with Gasteiger partial charge >= 0.3 is 0 Å². The summed E-state index contributed by atoms with van der Waals surface area (Å²) < 4.78 is 0. The van der Waals surface area contributed by atoms with E-state index >= 15 is 0 Å². The van der Waals surface area contributed by atoms with E-state index in [0.29, 0.717) is 5.84 Å². The SMILES string of the molecule is NC(=Nc1ccc(CCNCc2ccccc2S)cc1)c1cccs1. The molecule has 0 spiro atoms. The predicted molar refractivity (Wildman–Crippen MR) is 110 cm³/mol. The lowest BCUT2D eigenvalue weighted by Crippen LogP contribution is -2.16. The van der Waals surface area contributed by atoms with E-state index in [1.165, 1.54) is 11.1 Å². The van der Waals surface area contributed by atoms with Crippen molar-refractivity contribution in [1.29, 1.82) is 0 Å². The normalized spacial score (nSPS) is 11.6. The number of benzene rings is 2. The summed E-state index contributed by atoms with van der Waals surface area (Å²) in [6, 6.07) is 20.3. The average Bonchev–Trinajstić information content (AvgIpc) is 3.16. The first-order valence-corrected chi connectivity index (χ1v) is 9.49. The summed E-state index contributed by atoms with van der Waals surface area (Å²) in [4.78, 5) is 6.50. The molecule has 128 valence electrons. The quantitative estimate of drug-likeness (QED) is 0.251. The van der Waals surface area contributed by atoms with E-state index in [-0.39, 0.29) is 0 Å². The Morgan fingerprint density at radius 3 is 2.56 bits per heavy atom. The summed E-state index contributed by atoms with van der Waals surface area (Å²) in [7, 11) is 0. The van der Waals surface area contributed by atoms with Crippen LogP contribution in [0, 0.1) is 0 Å². The molecule has 0 aliphatic rings. The van der Waals surface area contributed by atoms with Crippen LogP contribution in [0.4, 0.5) is 5.69 Å². The summed E-state index contributed by atoms with van der Waals surface area (Å²) in [6.45, 7) is 1.75. The van der Waals surface area contributed by atoms with Gasteiger partial charge in [0.2, 0.25) is 0 Å². The highest BCUT2D eigenvalue weighted by Crippen LogP contribution is 2.16. The Kier molecular flexibility index (Phi) is 6.28. The van der Waals surface area contributed by atoms with Crippen molar-refractivity contribution < 1.29 is 0 Å². The number of hydrogen-bond acceptors (Lipinski definition) is 4. The summed E-state index contributed by atoms with van der Waals surface area (Å²) in [6.07, 6.45) is 0.971. The standard InChI is InChI=1S/C20H21N3S2/c21-20(19-6-3-13-25-19)23-17-9-7-15(8-10-17)11-12-22-14-16-4-1-2-5-18(16)24/h1-10,13,22,24H,11-12,14H2,(H2,21,23). The highest BCUT2D eigenvalue weighted by atomic mass is 32.1. The molecular formula is C20H21N3S2. The number of thiophene rings is 1. The molecule has 0 aliphatic heterocycles. The Bertz CT molecular complexity index is 824. The van der Waals surface area contributed by atoms with Gasteiger partial charge in [0.1, 0.15) is 5.84 Å². The lowest BCUT2D eigenvalue weighted by Gasteiger charge is -2.07. The summed E-state index contributed by atoms with van der Waals surface area (Å²) in [5.41, 5.74) is 9.40. The van der Waals surface area contributed by atoms with Crippen LogP contribution in [0.2, 0.25) is 0 Å². The van der Waals surface area contributed by atoms with E-state index in [1.807, 2.05) is 47.8 Å². The predicted octanol–water partition coefficient (Wildman–Crippen LogP) is 4.41. The number of nitrogens with zero attached hydrogens (tertiary/aromatic N) is 1. The van der Waals surface area contributed by atoms with E-state index < -0.39 is 0 Å². The van der Waals surface area contributed by atoms with Gasteiger partial charge in [0.15, 0.2) is 0 Å². The fourth-order valence-corrected chi connectivity index (χ4v) is 3.34. The lowest BCUT2D eigenvalue weighted by atomic mass is 10.1. The van der Waals surface area contributed by atoms with Crippen molar-refractivity contribution in [1.82, 2.24) is 5.32 Å². The van der Waals surface area contributed by atoms with Crippen molar-refractivity contribution in [2.24, 2.45) is 10.7 Å². The molecule has 25 heavy (non-hydrogen) atoms. The van der Waals surface area contributed by atoms with Crippen LogP contribution in [0.1, 0.15) is 16.0 Å². The molecule has 3 N–H and O–H groups in total. The van der Waals surface area contributed by atoms with Gasteiger partial charge in [-0.15, -0.1) is 24.0 Å². The van der Waals surface area contributed by atoms with Crippen LogP contribution in [0.15, 0.2) is 75.9 Å². The number of rotatable bonds is 7. The molecule has 3 nitrogen and oxygen atoms in total. The first kappa shape index (κ1) is 17.7. The Balaban J connectivity index is 1.49. The van der Waals surface area contributed by atoms with E-state index in [9.17, 15) is 0 Å². The van der Waals surface area contributed by atoms with Gasteiger partial charge in [-0.25, -0.2) is 4.99 Å². The average molecular weight is 368 g/mol. The molecule has 5 heteroatoms. The smallest absolute Gasteiger partial charge is 0.141 e. The fourth-order valence-electron chi connectivity index (χ4n) is 2.47. The van der Waals surface area contributed by atoms with Gasteiger partial charge in [-0.05, 0) is 53.7 Å². The van der Waals surface area contributed by atoms with Gasteiger partial charge < -0.3 is 11.1 Å². The third-order valence-corrected chi connectivity index (χ3v) is 5.19. The molecule has 3 aromatic rings. The third-order valence-electron chi connectivity index (χ3n) is 3.86. The minimum atomic E-state index is 0.565. The molecule has 1 aromatic heterocycles. The van der Waals surface area contributed by atoms with Crippen molar-refractivity contribution >= 4 is 35.5 Å². The maximum Gasteiger partial charge on any atom is 0.141 e. The summed E-state index contributed by atoms with van der Waals surface area (Å²) in [5.74, 6) is 0.565. The van der Waals surface area contributed by atoms with E-state index in [0.717, 1.165) is 35.0 Å². The number of amidine groups is 1. The molecular weight excluding hydrogens is 346 g/mol. The number of thiol groups is 1. The molecule has 3 rings (SSSR count). The van der Waals surface area contributed by atoms with Crippen LogP contribution >= 0.6 is 24.0 Å². The zero-order valence-electron chi connectivity index (χ0n) is 13.9. The second kappa shape index (κ2) is 8.85. The van der Waals surface area contributed by atoms with Crippen molar-refractivity contribution in [3.05, 3.63) is 82.0 Å². The van der Waals surface area contributed by atoms with Crippen LogP contribution in [0.3, 0.4) is 0 Å². The van der Waals surface area contributed by atoms with E-state index in [1.54, 1.807) is 11.3 Å². The maximum atomic E-state index is 6.02. The molecule has 0 atom stereocenters. The van der Waals surface area contributed by atoms with Crippen LogP contribution < -0.4 is 11.1 Å². The Labute approximate surface area is 158 Å². The number of hydrogen-bond donors (Lipinski definition) is 3. The van der Waals surface area contributed by atoms with Crippen LogP contribution in [-0.4, -0.2) is 12.4 Å². The van der Waals surface area contributed by atoms with Gasteiger partial charge in [0, 0.05) is 11.4 Å². The monoisotopic (exact) mass is 367 g/mol. The molecule has 0 fully saturated rings. The molecule has 0 aliphatic carbocycles. The molecule has 0 saturated carbocycles. The van der Waals surface area contributed by atoms with Crippen LogP contribution in [0.5, 0.6) is 0 Å². The second-order valence-corrected chi connectivity index (χ2v) is 7.13. The van der Waals surface area contributed by atoms with Crippen molar-refractivity contribution in [3.8, 4) is 0 Å². The van der Waals surface area contributed by atoms with Crippen molar-refractivity contribution in [3.63, 3.8) is 0 Å². The molecule has 0 unspecified atom stereocenters. The molecule has 0 radical (unpaired) electrons. The highest BCUT2D eigenvalue weighted by molar-refractivity contribution is 7.80. The van der Waals surface area contributed by atoms with Crippen LogP contribution in [-0.2, 0) is 13.0 Å². The van der Waals surface area contributed by atoms with Crippen molar-refractivity contribution in [2.45, 2.75) is 17.9 Å². The lowest BCUT2D eigenvalue weighted by molar-refractivity contribution is 0.680. The summed E-state index contributed by atoms with van der Waals surface area (Å²) >= 11 is 6.07. The molecule has 0 amide bonds. The Morgan fingerprint density at radius 1 is 1.04 bits per heavy atom. The molecule has 0 bridgehead atoms. The molecule has 1 heterocycles. The minimum Gasteiger partial charge on any atom is -0.383 e. The van der Waals surface area contributed by atoms with Gasteiger partial charge in [0.25, 0.3) is 0 Å². The fraction of sp³-hybridized carbons (Fsp3) is 0.150. The maximum absolute atomic E-state index is 6.02. The largest absolute Gasteiger partial charge is 0.383 e. The first-order valence-electron chi connectivity index (χ1n) is 8.17. The highest BCUT2D eigenvalue weighted by Gasteiger charge is 2.01. The van der Waals surface area contributed by atoms with E-state index in [4.69, 9.17) is 5.73 Å². The molecule has 0 saturated heterocycles. The van der Waals surface area contributed by atoms with Gasteiger partial charge in [-0.1, -0.05) is 36.4 Å². The number of nitrogens with two attached hydrogens (primary N) is 1. The van der Waals surface area contributed by atoms with Gasteiger partial charge in [-0.2, -0.15) is 0 Å². The number of aliphatic imine (C=N–C) groups is 1. The topological polar surface area (TPSA) is 50.4 Å². The molecule has 2 aromatic carbocycles. The van der Waals surface area contributed by atoms with Crippen LogP contribution in [0.25, 0.3) is 0 Å². The Hall–Kier alpha value is -2.08. The third kappa shape index (κ3) is 5.19. The minimum absolute atomic E-state index is 0.565. The Morgan fingerprint density at radius 2 is 1.84 bits per heavy atom. The van der Waals surface area contributed by atoms with Gasteiger partial charge in [-0.3, -0.25) is 0 Å². The summed E-state index contributed by atoms with van der Waals surface area (Å²) in [5, 5.41) is 5.46. The van der Waals surface area contributed by atoms with E-state index in [2.05, 4.69) is 41.1 Å². The zero-order chi connectivity index (χ0) is 17.5.